The second-order valence-corrected chi connectivity index (χ2v) is 7.07. The number of aryl methyl sites for hydroxylation is 1. The summed E-state index contributed by atoms with van der Waals surface area (Å²) in [6, 6.07) is 15.7. The van der Waals surface area contributed by atoms with Gasteiger partial charge in [-0.3, -0.25) is 0 Å². The van der Waals surface area contributed by atoms with E-state index in [0.717, 1.165) is 44.7 Å². The molecule has 0 amide bonds. The van der Waals surface area contributed by atoms with Crippen molar-refractivity contribution in [2.75, 3.05) is 7.11 Å². The van der Waals surface area contributed by atoms with Crippen molar-refractivity contribution in [1.29, 1.82) is 0 Å². The minimum atomic E-state index is 0.693. The molecule has 7 heteroatoms. The van der Waals surface area contributed by atoms with Crippen molar-refractivity contribution >= 4 is 22.8 Å². The highest BCUT2D eigenvalue weighted by Crippen LogP contribution is 2.27. The molecule has 0 unspecified atom stereocenters. The Hall–Kier alpha value is -2.93. The topological polar surface area (TPSA) is 65.7 Å². The third kappa shape index (κ3) is 3.50. The van der Waals surface area contributed by atoms with Crippen molar-refractivity contribution in [1.82, 2.24) is 24.7 Å². The van der Waals surface area contributed by atoms with Gasteiger partial charge in [-0.15, -0.1) is 10.2 Å². The molecule has 0 aliphatic heterocycles. The summed E-state index contributed by atoms with van der Waals surface area (Å²) >= 11 is 1.61. The van der Waals surface area contributed by atoms with Gasteiger partial charge in [0.05, 0.1) is 29.5 Å². The smallest absolute Gasteiger partial charge is 0.191 e. The Morgan fingerprint density at radius 3 is 2.37 bits per heavy atom. The summed E-state index contributed by atoms with van der Waals surface area (Å²) in [6.07, 6.45) is 0. The molecule has 0 spiro atoms. The largest absolute Gasteiger partial charge is 0.497 e. The molecule has 0 N–H and O–H groups in total. The summed E-state index contributed by atoms with van der Waals surface area (Å²) in [7, 11) is 3.63. The third-order valence-corrected chi connectivity index (χ3v) is 5.40. The number of hydrogen-bond donors (Lipinski definition) is 0. The predicted molar refractivity (Wildman–Crippen MR) is 107 cm³/mol. The van der Waals surface area contributed by atoms with Gasteiger partial charge in [-0.05, 0) is 43.3 Å². The molecule has 0 saturated heterocycles. The highest BCUT2D eigenvalue weighted by molar-refractivity contribution is 7.98. The van der Waals surface area contributed by atoms with E-state index in [1.165, 1.54) is 0 Å². The van der Waals surface area contributed by atoms with Crippen molar-refractivity contribution in [2.24, 2.45) is 7.05 Å². The maximum absolute atomic E-state index is 5.21. The van der Waals surface area contributed by atoms with Crippen molar-refractivity contribution < 1.29 is 4.74 Å². The van der Waals surface area contributed by atoms with Gasteiger partial charge in [0.15, 0.2) is 11.0 Å². The molecule has 2 heterocycles. The lowest BCUT2D eigenvalue weighted by Gasteiger charge is -2.07. The SMILES string of the molecule is COc1ccc(-c2nnc(SCc3nc4ccccc4nc3C)n2C)cc1. The van der Waals surface area contributed by atoms with Gasteiger partial charge in [0, 0.05) is 18.4 Å². The molecule has 27 heavy (non-hydrogen) atoms. The lowest BCUT2D eigenvalue weighted by Crippen LogP contribution is -1.99. The van der Waals surface area contributed by atoms with Crippen molar-refractivity contribution in [3.05, 3.63) is 59.9 Å². The number of methoxy groups -OCH3 is 1. The van der Waals surface area contributed by atoms with Gasteiger partial charge in [-0.25, -0.2) is 9.97 Å². The van der Waals surface area contributed by atoms with Crippen LogP contribution in [0.25, 0.3) is 22.4 Å². The quantitative estimate of drug-likeness (QED) is 0.489. The Morgan fingerprint density at radius 2 is 1.67 bits per heavy atom. The zero-order valence-electron chi connectivity index (χ0n) is 15.4. The van der Waals surface area contributed by atoms with Crippen LogP contribution in [0.2, 0.25) is 0 Å². The van der Waals surface area contributed by atoms with Crippen LogP contribution in [-0.4, -0.2) is 31.8 Å². The number of benzene rings is 2. The standard InChI is InChI=1S/C20H19N5OS/c1-13-18(22-17-7-5-4-6-16(17)21-13)12-27-20-24-23-19(25(20)2)14-8-10-15(26-3)11-9-14/h4-11H,12H2,1-3H3. The fraction of sp³-hybridized carbons (Fsp3) is 0.200. The number of hydrogen-bond acceptors (Lipinski definition) is 6. The highest BCUT2D eigenvalue weighted by Gasteiger charge is 2.13. The molecule has 0 saturated carbocycles. The molecule has 6 nitrogen and oxygen atoms in total. The summed E-state index contributed by atoms with van der Waals surface area (Å²) < 4.78 is 7.21. The lowest BCUT2D eigenvalue weighted by atomic mass is 10.2. The number of fused-ring (bicyclic) bond motifs is 1. The summed E-state index contributed by atoms with van der Waals surface area (Å²) in [5.74, 6) is 2.33. The highest BCUT2D eigenvalue weighted by atomic mass is 32.2. The number of rotatable bonds is 5. The Balaban J connectivity index is 1.55. The van der Waals surface area contributed by atoms with Gasteiger partial charge in [0.25, 0.3) is 0 Å². The zero-order chi connectivity index (χ0) is 18.8. The molecule has 4 rings (SSSR count). The van der Waals surface area contributed by atoms with E-state index in [4.69, 9.17) is 9.72 Å². The van der Waals surface area contributed by atoms with Crippen LogP contribution in [0.5, 0.6) is 5.75 Å². The molecule has 0 aliphatic carbocycles. The lowest BCUT2D eigenvalue weighted by molar-refractivity contribution is 0.415. The normalized spacial score (nSPS) is 11.1. The van der Waals surface area contributed by atoms with Gasteiger partial charge < -0.3 is 9.30 Å². The Kier molecular flexibility index (Phi) is 4.77. The summed E-state index contributed by atoms with van der Waals surface area (Å²) in [5.41, 5.74) is 4.74. The molecule has 0 aliphatic rings. The molecule has 0 atom stereocenters. The number of thioether (sulfide) groups is 1. The first-order valence-corrected chi connectivity index (χ1v) is 9.53. The predicted octanol–water partition coefficient (Wildman–Crippen LogP) is 4.03. The maximum atomic E-state index is 5.21. The van der Waals surface area contributed by atoms with E-state index in [1.54, 1.807) is 18.9 Å². The van der Waals surface area contributed by atoms with E-state index in [-0.39, 0.29) is 0 Å². The number of ether oxygens (including phenoxy) is 1. The second kappa shape index (κ2) is 7.36. The molecule has 0 fully saturated rings. The molecule has 2 aromatic carbocycles. The molecule has 0 radical (unpaired) electrons. The number of para-hydroxylation sites is 2. The maximum Gasteiger partial charge on any atom is 0.191 e. The summed E-state index contributed by atoms with van der Waals surface area (Å²) in [4.78, 5) is 9.40. The number of aromatic nitrogens is 5. The minimum Gasteiger partial charge on any atom is -0.497 e. The van der Waals surface area contributed by atoms with Crippen molar-refractivity contribution in [3.8, 4) is 17.1 Å². The monoisotopic (exact) mass is 377 g/mol. The van der Waals surface area contributed by atoms with E-state index >= 15 is 0 Å². The van der Waals surface area contributed by atoms with Gasteiger partial charge in [0.2, 0.25) is 0 Å². The molecular weight excluding hydrogens is 358 g/mol. The Bertz CT molecular complexity index is 1090. The van der Waals surface area contributed by atoms with Crippen LogP contribution in [0.4, 0.5) is 0 Å². The van der Waals surface area contributed by atoms with Crippen LogP contribution in [0.1, 0.15) is 11.4 Å². The van der Waals surface area contributed by atoms with Gasteiger partial charge >= 0.3 is 0 Å². The Labute approximate surface area is 161 Å². The van der Waals surface area contributed by atoms with Crippen LogP contribution in [0.15, 0.2) is 53.7 Å². The first-order valence-electron chi connectivity index (χ1n) is 8.54. The summed E-state index contributed by atoms with van der Waals surface area (Å²) in [5, 5.41) is 9.52. The average molecular weight is 377 g/mol. The average Bonchev–Trinajstić information content (AvgIpc) is 3.07. The Morgan fingerprint density at radius 1 is 0.963 bits per heavy atom. The summed E-state index contributed by atoms with van der Waals surface area (Å²) in [6.45, 7) is 1.99. The van der Waals surface area contributed by atoms with Crippen molar-refractivity contribution in [2.45, 2.75) is 17.8 Å². The van der Waals surface area contributed by atoms with Crippen LogP contribution in [0, 0.1) is 6.92 Å². The molecular formula is C20H19N5OS. The van der Waals surface area contributed by atoms with Crippen LogP contribution < -0.4 is 4.74 Å². The van der Waals surface area contributed by atoms with E-state index in [9.17, 15) is 0 Å². The van der Waals surface area contributed by atoms with Crippen LogP contribution in [-0.2, 0) is 12.8 Å². The van der Waals surface area contributed by atoms with Crippen LogP contribution >= 0.6 is 11.8 Å². The van der Waals surface area contributed by atoms with E-state index < -0.39 is 0 Å². The van der Waals surface area contributed by atoms with Gasteiger partial charge in [-0.2, -0.15) is 0 Å². The minimum absolute atomic E-state index is 0.693. The molecule has 2 aromatic heterocycles. The first-order chi connectivity index (χ1) is 13.2. The molecule has 0 bridgehead atoms. The third-order valence-electron chi connectivity index (χ3n) is 4.36. The fourth-order valence-electron chi connectivity index (χ4n) is 2.83. The zero-order valence-corrected chi connectivity index (χ0v) is 16.2. The fourth-order valence-corrected chi connectivity index (χ4v) is 3.74. The van der Waals surface area contributed by atoms with E-state index in [0.29, 0.717) is 5.75 Å². The first kappa shape index (κ1) is 17.5. The second-order valence-electron chi connectivity index (χ2n) is 6.13. The van der Waals surface area contributed by atoms with Crippen molar-refractivity contribution in [3.63, 3.8) is 0 Å². The van der Waals surface area contributed by atoms with Crippen LogP contribution in [0.3, 0.4) is 0 Å². The van der Waals surface area contributed by atoms with Gasteiger partial charge in [0.1, 0.15) is 5.75 Å². The number of nitrogens with zero attached hydrogens (tertiary/aromatic N) is 5. The van der Waals surface area contributed by atoms with Gasteiger partial charge in [-0.1, -0.05) is 23.9 Å². The molecule has 136 valence electrons. The molecule has 4 aromatic rings. The van der Waals surface area contributed by atoms with E-state index in [2.05, 4.69) is 15.2 Å². The van der Waals surface area contributed by atoms with E-state index in [1.807, 2.05) is 67.1 Å².